The molecule has 1 fully saturated rings. The number of carbonyl (C=O) groups is 2. The molecule has 0 bridgehead atoms. The second-order valence-corrected chi connectivity index (χ2v) is 15.4. The Morgan fingerprint density at radius 1 is 0.880 bits per heavy atom. The van der Waals surface area contributed by atoms with E-state index in [0.29, 0.717) is 73.9 Å². The summed E-state index contributed by atoms with van der Waals surface area (Å²) in [6.07, 6.45) is 1.35. The van der Waals surface area contributed by atoms with Gasteiger partial charge in [-0.25, -0.2) is 4.79 Å². The van der Waals surface area contributed by atoms with Crippen LogP contribution in [0.5, 0.6) is 5.75 Å². The highest BCUT2D eigenvalue weighted by Crippen LogP contribution is 2.54. The van der Waals surface area contributed by atoms with Crippen LogP contribution in [0.25, 0.3) is 0 Å². The molecular formula is C40H51Cl2N5O3. The number of aliphatic imine (C=N–C) groups is 1. The minimum absolute atomic E-state index is 0.0612. The maximum absolute atomic E-state index is 15.2. The van der Waals surface area contributed by atoms with E-state index in [-0.39, 0.29) is 17.4 Å². The molecule has 0 saturated carbocycles. The highest BCUT2D eigenvalue weighted by molar-refractivity contribution is 6.30. The normalized spacial score (nSPS) is 21.3. The fourth-order valence-corrected chi connectivity index (χ4v) is 7.18. The molecular weight excluding hydrogens is 669 g/mol. The van der Waals surface area contributed by atoms with Crippen LogP contribution in [0.2, 0.25) is 10.0 Å². The summed E-state index contributed by atoms with van der Waals surface area (Å²) in [5.41, 5.74) is 1.66. The van der Waals surface area contributed by atoms with Gasteiger partial charge in [-0.2, -0.15) is 0 Å². The van der Waals surface area contributed by atoms with Gasteiger partial charge in [-0.05, 0) is 85.7 Å². The van der Waals surface area contributed by atoms with Gasteiger partial charge in [-0.1, -0.05) is 81.2 Å². The van der Waals surface area contributed by atoms with Crippen molar-refractivity contribution < 1.29 is 14.3 Å². The molecule has 0 aliphatic carbocycles. The molecule has 1 saturated heterocycles. The van der Waals surface area contributed by atoms with Crippen molar-refractivity contribution in [3.05, 3.63) is 99.0 Å². The number of benzene rings is 3. The van der Waals surface area contributed by atoms with Crippen molar-refractivity contribution in [3.63, 3.8) is 0 Å². The van der Waals surface area contributed by atoms with Crippen molar-refractivity contribution in [3.8, 4) is 5.75 Å². The minimum atomic E-state index is -0.988. The van der Waals surface area contributed by atoms with E-state index < -0.39 is 11.1 Å². The average Bonchev–Trinajstić information content (AvgIpc) is 3.34. The molecule has 50 heavy (non-hydrogen) atoms. The Morgan fingerprint density at radius 3 is 2.04 bits per heavy atom. The number of hydrogen-bond acceptors (Lipinski definition) is 5. The third-order valence-corrected chi connectivity index (χ3v) is 10.7. The van der Waals surface area contributed by atoms with Gasteiger partial charge in [0.05, 0.1) is 12.2 Å². The zero-order chi connectivity index (χ0) is 36.3. The first-order chi connectivity index (χ1) is 23.7. The summed E-state index contributed by atoms with van der Waals surface area (Å²) < 4.78 is 6.32. The summed E-state index contributed by atoms with van der Waals surface area (Å²) in [4.78, 5) is 39.1. The predicted molar refractivity (Wildman–Crippen MR) is 204 cm³/mol. The first-order valence-electron chi connectivity index (χ1n) is 17.7. The molecule has 10 heteroatoms. The Kier molecular flexibility index (Phi) is 11.6. The van der Waals surface area contributed by atoms with E-state index in [9.17, 15) is 4.79 Å². The summed E-state index contributed by atoms with van der Waals surface area (Å²) in [6.45, 7) is 18.9. The van der Waals surface area contributed by atoms with Crippen molar-refractivity contribution in [1.82, 2.24) is 20.0 Å². The van der Waals surface area contributed by atoms with Gasteiger partial charge < -0.3 is 15.0 Å². The third kappa shape index (κ3) is 7.53. The zero-order valence-electron chi connectivity index (χ0n) is 30.5. The number of amidine groups is 1. The summed E-state index contributed by atoms with van der Waals surface area (Å²) >= 11 is 12.8. The number of ether oxygens (including phenoxy) is 1. The van der Waals surface area contributed by atoms with Gasteiger partial charge >= 0.3 is 6.03 Å². The molecule has 2 aliphatic heterocycles. The molecule has 8 nitrogen and oxygen atoms in total. The summed E-state index contributed by atoms with van der Waals surface area (Å²) in [5, 5.41) is 4.19. The van der Waals surface area contributed by atoms with Crippen LogP contribution in [-0.2, 0) is 21.3 Å². The number of rotatable bonds is 10. The topological polar surface area (TPSA) is 77.5 Å². The SMILES string of the molecule is CCCNC(=O)CCN1CCN(C(=O)N2C(c3ccc(C(C)(C)C)cc3OCC)=N[C@@](C)(c3ccc(Cl)cc3)[C@@]2(C)c2ccc(Cl)cc2)CC1. The van der Waals surface area contributed by atoms with Gasteiger partial charge in [-0.15, -0.1) is 0 Å². The number of piperazine rings is 1. The van der Waals surface area contributed by atoms with E-state index >= 15 is 4.79 Å². The standard InChI is InChI=1S/C40H51Cl2N5O3/c1-8-21-43-35(48)20-22-45-23-25-46(26-24-45)37(49)47-36(33-19-14-30(38(3,4)5)27-34(33)50-9-2)44-39(6,28-10-15-31(41)16-11-28)40(47,7)29-12-17-32(42)18-13-29/h10-19,27H,8-9,20-26H2,1-7H3,(H,43,48)/t39-,40+/m0/s1. The molecule has 1 N–H and O–H groups in total. The lowest BCUT2D eigenvalue weighted by Gasteiger charge is -2.47. The number of halogens is 2. The first kappa shape index (κ1) is 37.7. The monoisotopic (exact) mass is 719 g/mol. The van der Waals surface area contributed by atoms with Crippen LogP contribution >= 0.6 is 23.2 Å². The van der Waals surface area contributed by atoms with Gasteiger partial charge in [0.15, 0.2) is 0 Å². The van der Waals surface area contributed by atoms with E-state index in [4.69, 9.17) is 32.9 Å². The van der Waals surface area contributed by atoms with Crippen LogP contribution in [0.3, 0.4) is 0 Å². The minimum Gasteiger partial charge on any atom is -0.493 e. The van der Waals surface area contributed by atoms with Gasteiger partial charge in [0, 0.05) is 55.7 Å². The molecule has 3 aromatic rings. The number of hydrogen-bond donors (Lipinski definition) is 1. The molecule has 2 atom stereocenters. The molecule has 0 spiro atoms. The summed E-state index contributed by atoms with van der Waals surface area (Å²) in [6, 6.07) is 21.5. The molecule has 268 valence electrons. The maximum Gasteiger partial charge on any atom is 0.326 e. The molecule has 5 rings (SSSR count). The zero-order valence-corrected chi connectivity index (χ0v) is 32.0. The second-order valence-electron chi connectivity index (χ2n) is 14.5. The molecule has 3 aromatic carbocycles. The van der Waals surface area contributed by atoms with E-state index in [1.165, 1.54) is 0 Å². The molecule has 0 aromatic heterocycles. The van der Waals surface area contributed by atoms with E-state index in [2.05, 4.69) is 57.0 Å². The lowest BCUT2D eigenvalue weighted by molar-refractivity contribution is -0.121. The Bertz CT molecular complexity index is 1700. The van der Waals surface area contributed by atoms with Crippen molar-refractivity contribution in [2.75, 3.05) is 45.9 Å². The fourth-order valence-electron chi connectivity index (χ4n) is 6.93. The molecule has 2 aliphatic rings. The number of carbonyl (C=O) groups excluding carboxylic acids is 2. The summed E-state index contributed by atoms with van der Waals surface area (Å²) in [5.74, 6) is 1.29. The van der Waals surface area contributed by atoms with Gasteiger partial charge in [0.25, 0.3) is 0 Å². The number of urea groups is 1. The van der Waals surface area contributed by atoms with Crippen molar-refractivity contribution >= 4 is 41.0 Å². The van der Waals surface area contributed by atoms with Crippen LogP contribution in [-0.4, -0.2) is 78.3 Å². The maximum atomic E-state index is 15.2. The highest BCUT2D eigenvalue weighted by atomic mass is 35.5. The highest BCUT2D eigenvalue weighted by Gasteiger charge is 2.60. The Balaban J connectivity index is 1.61. The average molecular weight is 721 g/mol. The Hall–Kier alpha value is -3.59. The Morgan fingerprint density at radius 2 is 1.48 bits per heavy atom. The molecule has 0 radical (unpaired) electrons. The van der Waals surface area contributed by atoms with E-state index in [0.717, 1.165) is 28.7 Å². The second kappa shape index (κ2) is 15.3. The van der Waals surface area contributed by atoms with Gasteiger partial charge in [0.2, 0.25) is 5.91 Å². The van der Waals surface area contributed by atoms with Crippen molar-refractivity contribution in [1.29, 1.82) is 0 Å². The predicted octanol–water partition coefficient (Wildman–Crippen LogP) is 8.24. The molecule has 2 heterocycles. The van der Waals surface area contributed by atoms with Crippen LogP contribution in [0.1, 0.15) is 83.6 Å². The van der Waals surface area contributed by atoms with Crippen molar-refractivity contribution in [2.45, 2.75) is 77.8 Å². The smallest absolute Gasteiger partial charge is 0.326 e. The molecule has 0 unspecified atom stereocenters. The van der Waals surface area contributed by atoms with Crippen LogP contribution in [0.4, 0.5) is 4.79 Å². The number of nitrogens with one attached hydrogen (secondary N) is 1. The number of amides is 3. The fraction of sp³-hybridized carbons (Fsp3) is 0.475. The van der Waals surface area contributed by atoms with Gasteiger partial charge in [0.1, 0.15) is 22.7 Å². The first-order valence-corrected chi connectivity index (χ1v) is 18.5. The lowest BCUT2D eigenvalue weighted by atomic mass is 9.71. The summed E-state index contributed by atoms with van der Waals surface area (Å²) in [7, 11) is 0. The van der Waals surface area contributed by atoms with Crippen LogP contribution in [0, 0.1) is 0 Å². The quantitative estimate of drug-likeness (QED) is 0.229. The largest absolute Gasteiger partial charge is 0.493 e. The Labute approximate surface area is 307 Å². The molecule has 3 amide bonds. The van der Waals surface area contributed by atoms with E-state index in [1.807, 2.05) is 78.2 Å². The van der Waals surface area contributed by atoms with Crippen LogP contribution in [0.15, 0.2) is 71.7 Å². The number of nitrogens with zero attached hydrogens (tertiary/aromatic N) is 4. The van der Waals surface area contributed by atoms with Crippen molar-refractivity contribution in [2.24, 2.45) is 4.99 Å². The lowest BCUT2D eigenvalue weighted by Crippen LogP contribution is -2.60. The van der Waals surface area contributed by atoms with Gasteiger partial charge in [-0.3, -0.25) is 19.6 Å². The van der Waals surface area contributed by atoms with Crippen LogP contribution < -0.4 is 10.1 Å². The van der Waals surface area contributed by atoms with E-state index in [1.54, 1.807) is 0 Å². The third-order valence-electron chi connectivity index (χ3n) is 10.2.